The summed E-state index contributed by atoms with van der Waals surface area (Å²) in [6.45, 7) is 0. The van der Waals surface area contributed by atoms with Crippen molar-refractivity contribution in [3.05, 3.63) is 18.0 Å². The number of nitrogens with one attached hydrogen (secondary N) is 1. The van der Waals surface area contributed by atoms with Gasteiger partial charge in [0.1, 0.15) is 5.69 Å². The lowest BCUT2D eigenvalue weighted by atomic mass is 9.90. The van der Waals surface area contributed by atoms with Crippen LogP contribution in [0.4, 0.5) is 0 Å². The quantitative estimate of drug-likeness (QED) is 0.775. The molecule has 2 rings (SSSR count). The summed E-state index contributed by atoms with van der Waals surface area (Å²) in [7, 11) is 1.82. The molecule has 0 bridgehead atoms. The van der Waals surface area contributed by atoms with Crippen molar-refractivity contribution >= 4 is 5.91 Å². The minimum Gasteiger partial charge on any atom is -0.336 e. The Morgan fingerprint density at radius 3 is 2.94 bits per heavy atom. The third-order valence-electron chi connectivity index (χ3n) is 3.33. The number of aromatic amines is 1. The summed E-state index contributed by atoms with van der Waals surface area (Å²) in [5.74, 6) is -0.0279. The highest BCUT2D eigenvalue weighted by atomic mass is 16.2. The van der Waals surface area contributed by atoms with Crippen LogP contribution in [0, 0.1) is 0 Å². The van der Waals surface area contributed by atoms with Crippen LogP contribution in [0.2, 0.25) is 0 Å². The van der Waals surface area contributed by atoms with E-state index in [1.807, 2.05) is 7.05 Å². The van der Waals surface area contributed by atoms with Gasteiger partial charge in [-0.2, -0.15) is 5.10 Å². The molecule has 0 spiro atoms. The van der Waals surface area contributed by atoms with E-state index in [-0.39, 0.29) is 18.0 Å². The number of nitrogens with zero attached hydrogens (tertiary/aromatic N) is 2. The highest BCUT2D eigenvalue weighted by Gasteiger charge is 2.29. The van der Waals surface area contributed by atoms with Gasteiger partial charge in [0.2, 0.25) is 0 Å². The molecule has 16 heavy (non-hydrogen) atoms. The van der Waals surface area contributed by atoms with Gasteiger partial charge in [0, 0.05) is 25.3 Å². The monoisotopic (exact) mass is 222 g/mol. The molecular formula is C11H18N4O. The van der Waals surface area contributed by atoms with Gasteiger partial charge in [-0.3, -0.25) is 9.89 Å². The summed E-state index contributed by atoms with van der Waals surface area (Å²) in [4.78, 5) is 13.8. The average Bonchev–Trinajstić information content (AvgIpc) is 2.81. The maximum absolute atomic E-state index is 12.0. The van der Waals surface area contributed by atoms with Crippen molar-refractivity contribution in [2.24, 2.45) is 5.73 Å². The number of aromatic nitrogens is 2. The molecule has 88 valence electrons. The van der Waals surface area contributed by atoms with Crippen LogP contribution < -0.4 is 5.73 Å². The first kappa shape index (κ1) is 11.1. The second-order valence-corrected chi connectivity index (χ2v) is 4.40. The predicted octanol–water partition coefficient (Wildman–Crippen LogP) is 0.752. The maximum atomic E-state index is 12.0. The van der Waals surface area contributed by atoms with Gasteiger partial charge >= 0.3 is 0 Å². The second kappa shape index (κ2) is 4.65. The van der Waals surface area contributed by atoms with Crippen molar-refractivity contribution in [2.45, 2.75) is 37.8 Å². The van der Waals surface area contributed by atoms with Crippen LogP contribution in [0.1, 0.15) is 36.2 Å². The minimum atomic E-state index is -0.0279. The SMILES string of the molecule is CN(C(=O)c1ccn[nH]1)C1CCCCC1N. The molecule has 1 heterocycles. The fraction of sp³-hybridized carbons (Fsp3) is 0.636. The third kappa shape index (κ3) is 2.09. The standard InChI is InChI=1S/C11H18N4O/c1-15(10-5-3-2-4-8(10)12)11(16)9-6-7-13-14-9/h6-8,10H,2-5,12H2,1H3,(H,13,14). The van der Waals surface area contributed by atoms with Gasteiger partial charge in [0.05, 0.1) is 0 Å². The van der Waals surface area contributed by atoms with E-state index in [4.69, 9.17) is 5.73 Å². The van der Waals surface area contributed by atoms with E-state index in [1.54, 1.807) is 17.2 Å². The topological polar surface area (TPSA) is 75.0 Å². The van der Waals surface area contributed by atoms with Crippen LogP contribution in [-0.4, -0.2) is 40.1 Å². The first-order valence-corrected chi connectivity index (χ1v) is 5.72. The van der Waals surface area contributed by atoms with E-state index in [0.717, 1.165) is 19.3 Å². The van der Waals surface area contributed by atoms with E-state index in [2.05, 4.69) is 10.2 Å². The molecule has 1 amide bonds. The van der Waals surface area contributed by atoms with Gasteiger partial charge in [-0.05, 0) is 18.9 Å². The Labute approximate surface area is 95.0 Å². The van der Waals surface area contributed by atoms with Crippen LogP contribution in [-0.2, 0) is 0 Å². The predicted molar refractivity (Wildman–Crippen MR) is 60.9 cm³/mol. The fourth-order valence-corrected chi connectivity index (χ4v) is 2.34. The zero-order valence-electron chi connectivity index (χ0n) is 9.52. The molecule has 0 aliphatic heterocycles. The molecule has 2 unspecified atom stereocenters. The first-order valence-electron chi connectivity index (χ1n) is 5.72. The summed E-state index contributed by atoms with van der Waals surface area (Å²) in [6.07, 6.45) is 5.91. The molecule has 1 aromatic rings. The van der Waals surface area contributed by atoms with Gasteiger partial charge in [-0.25, -0.2) is 0 Å². The Balaban J connectivity index is 2.06. The molecule has 0 aromatic carbocycles. The lowest BCUT2D eigenvalue weighted by molar-refractivity contribution is 0.0666. The van der Waals surface area contributed by atoms with E-state index < -0.39 is 0 Å². The second-order valence-electron chi connectivity index (χ2n) is 4.40. The zero-order chi connectivity index (χ0) is 11.5. The number of carbonyl (C=O) groups excluding carboxylic acids is 1. The Bertz CT molecular complexity index is 349. The molecule has 3 N–H and O–H groups in total. The Morgan fingerprint density at radius 1 is 1.56 bits per heavy atom. The average molecular weight is 222 g/mol. The highest BCUT2D eigenvalue weighted by Crippen LogP contribution is 2.21. The highest BCUT2D eigenvalue weighted by molar-refractivity contribution is 5.92. The molecule has 1 saturated carbocycles. The maximum Gasteiger partial charge on any atom is 0.271 e. The van der Waals surface area contributed by atoms with Gasteiger partial charge in [0.15, 0.2) is 0 Å². The number of carbonyl (C=O) groups is 1. The fourth-order valence-electron chi connectivity index (χ4n) is 2.34. The summed E-state index contributed by atoms with van der Waals surface area (Å²) < 4.78 is 0. The number of H-pyrrole nitrogens is 1. The smallest absolute Gasteiger partial charge is 0.271 e. The van der Waals surface area contributed by atoms with E-state index in [0.29, 0.717) is 5.69 Å². The van der Waals surface area contributed by atoms with Crippen molar-refractivity contribution in [1.29, 1.82) is 0 Å². The van der Waals surface area contributed by atoms with Crippen LogP contribution in [0.15, 0.2) is 12.3 Å². The van der Waals surface area contributed by atoms with Crippen LogP contribution in [0.5, 0.6) is 0 Å². The zero-order valence-corrected chi connectivity index (χ0v) is 9.52. The summed E-state index contributed by atoms with van der Waals surface area (Å²) in [5.41, 5.74) is 6.58. The first-order chi connectivity index (χ1) is 7.70. The van der Waals surface area contributed by atoms with Crippen molar-refractivity contribution in [2.75, 3.05) is 7.05 Å². The number of likely N-dealkylation sites (N-methyl/N-ethyl adjacent to an activating group) is 1. The Morgan fingerprint density at radius 2 is 2.31 bits per heavy atom. The summed E-state index contributed by atoms with van der Waals surface area (Å²) in [5, 5.41) is 6.48. The Hall–Kier alpha value is -1.36. The van der Waals surface area contributed by atoms with Gasteiger partial charge in [0.25, 0.3) is 5.91 Å². The molecule has 1 aromatic heterocycles. The number of hydrogen-bond acceptors (Lipinski definition) is 3. The molecule has 1 aliphatic rings. The molecule has 5 nitrogen and oxygen atoms in total. The summed E-state index contributed by atoms with van der Waals surface area (Å²) >= 11 is 0. The molecule has 2 atom stereocenters. The van der Waals surface area contributed by atoms with Crippen LogP contribution in [0.25, 0.3) is 0 Å². The number of amides is 1. The molecule has 1 aliphatic carbocycles. The van der Waals surface area contributed by atoms with Gasteiger partial charge in [-0.1, -0.05) is 12.8 Å². The third-order valence-corrected chi connectivity index (χ3v) is 3.33. The van der Waals surface area contributed by atoms with Crippen LogP contribution >= 0.6 is 0 Å². The van der Waals surface area contributed by atoms with E-state index in [1.165, 1.54) is 6.42 Å². The van der Waals surface area contributed by atoms with Crippen molar-refractivity contribution < 1.29 is 4.79 Å². The normalized spacial score (nSPS) is 25.4. The van der Waals surface area contributed by atoms with Crippen LogP contribution in [0.3, 0.4) is 0 Å². The molecule has 1 fully saturated rings. The molecular weight excluding hydrogens is 204 g/mol. The molecule has 5 heteroatoms. The number of rotatable bonds is 2. The van der Waals surface area contributed by atoms with Crippen molar-refractivity contribution in [3.63, 3.8) is 0 Å². The lowest BCUT2D eigenvalue weighted by Gasteiger charge is -2.35. The van der Waals surface area contributed by atoms with Gasteiger partial charge < -0.3 is 10.6 Å². The lowest BCUT2D eigenvalue weighted by Crippen LogP contribution is -2.50. The largest absolute Gasteiger partial charge is 0.336 e. The van der Waals surface area contributed by atoms with Crippen molar-refractivity contribution in [3.8, 4) is 0 Å². The molecule has 0 saturated heterocycles. The number of nitrogens with two attached hydrogens (primary N) is 1. The number of hydrogen-bond donors (Lipinski definition) is 2. The Kier molecular flexibility index (Phi) is 3.24. The van der Waals surface area contributed by atoms with E-state index in [9.17, 15) is 4.79 Å². The van der Waals surface area contributed by atoms with E-state index >= 15 is 0 Å². The molecule has 0 radical (unpaired) electrons. The van der Waals surface area contributed by atoms with Crippen molar-refractivity contribution in [1.82, 2.24) is 15.1 Å². The minimum absolute atomic E-state index is 0.0279. The van der Waals surface area contributed by atoms with Gasteiger partial charge in [-0.15, -0.1) is 0 Å². The summed E-state index contributed by atoms with van der Waals surface area (Å²) in [6, 6.07) is 1.95.